The number of nitrogens with zero attached hydrogens (tertiary/aromatic N) is 4. The zero-order valence-electron chi connectivity index (χ0n) is 13.8. The van der Waals surface area contributed by atoms with E-state index in [9.17, 15) is 9.59 Å². The third-order valence-electron chi connectivity index (χ3n) is 4.69. The second-order valence-corrected chi connectivity index (χ2v) is 6.40. The highest BCUT2D eigenvalue weighted by Gasteiger charge is 2.36. The van der Waals surface area contributed by atoms with Crippen LogP contribution < -0.4 is 0 Å². The molecule has 3 heterocycles. The summed E-state index contributed by atoms with van der Waals surface area (Å²) in [6.07, 6.45) is 1.71. The summed E-state index contributed by atoms with van der Waals surface area (Å²) in [6, 6.07) is 1.69. The van der Waals surface area contributed by atoms with Gasteiger partial charge in [-0.15, -0.1) is 0 Å². The fourth-order valence-electron chi connectivity index (χ4n) is 3.46. The zero-order valence-corrected chi connectivity index (χ0v) is 13.8. The first-order valence-electron chi connectivity index (χ1n) is 8.25. The van der Waals surface area contributed by atoms with Gasteiger partial charge in [0.1, 0.15) is 11.8 Å². The summed E-state index contributed by atoms with van der Waals surface area (Å²) >= 11 is 0. The molecule has 7 nitrogen and oxygen atoms in total. The summed E-state index contributed by atoms with van der Waals surface area (Å²) < 4.78 is 5.09. The van der Waals surface area contributed by atoms with Crippen molar-refractivity contribution in [3.63, 3.8) is 0 Å². The number of hydrogen-bond acceptors (Lipinski definition) is 5. The van der Waals surface area contributed by atoms with E-state index < -0.39 is 0 Å². The van der Waals surface area contributed by atoms with Crippen LogP contribution in [0.3, 0.4) is 0 Å². The van der Waals surface area contributed by atoms with Crippen LogP contribution in [0.5, 0.6) is 0 Å². The molecule has 1 aromatic rings. The van der Waals surface area contributed by atoms with E-state index in [1.807, 2.05) is 17.9 Å². The quantitative estimate of drug-likeness (QED) is 0.817. The molecule has 0 unspecified atom stereocenters. The van der Waals surface area contributed by atoms with Gasteiger partial charge >= 0.3 is 0 Å². The van der Waals surface area contributed by atoms with Gasteiger partial charge in [-0.05, 0) is 19.8 Å². The first kappa shape index (κ1) is 16.0. The fraction of sp³-hybridized carbons (Fsp3) is 0.688. The summed E-state index contributed by atoms with van der Waals surface area (Å²) in [4.78, 5) is 30.2. The van der Waals surface area contributed by atoms with Crippen molar-refractivity contribution in [3.05, 3.63) is 17.5 Å². The van der Waals surface area contributed by atoms with E-state index in [0.717, 1.165) is 43.9 Å². The summed E-state index contributed by atoms with van der Waals surface area (Å²) in [5.74, 6) is 0.926. The number of aromatic nitrogens is 1. The van der Waals surface area contributed by atoms with E-state index >= 15 is 0 Å². The van der Waals surface area contributed by atoms with Crippen LogP contribution in [0.1, 0.15) is 31.2 Å². The Hall–Kier alpha value is -1.89. The van der Waals surface area contributed by atoms with E-state index in [-0.39, 0.29) is 17.9 Å². The number of likely N-dealkylation sites (tertiary alicyclic amines) is 1. The SMILES string of the molecule is CC(=O)N1CCC[C@H]1C(=O)N1CCN(Cc2cc(C)on2)CC1. The number of amides is 2. The van der Waals surface area contributed by atoms with E-state index in [4.69, 9.17) is 4.52 Å². The minimum atomic E-state index is -0.253. The molecule has 3 rings (SSSR count). The molecule has 126 valence electrons. The number of carbonyl (C=O) groups excluding carboxylic acids is 2. The topological polar surface area (TPSA) is 69.9 Å². The molecule has 2 saturated heterocycles. The van der Waals surface area contributed by atoms with Gasteiger partial charge in [-0.3, -0.25) is 14.5 Å². The van der Waals surface area contributed by atoms with Crippen molar-refractivity contribution < 1.29 is 14.1 Å². The standard InChI is InChI=1S/C16H24N4O3/c1-12-10-14(17-23-12)11-18-6-8-19(9-7-18)16(22)15-4-3-5-20(15)13(2)21/h10,15H,3-9,11H2,1-2H3/t15-/m0/s1. The molecule has 2 amide bonds. The lowest BCUT2D eigenvalue weighted by molar-refractivity contribution is -0.144. The highest BCUT2D eigenvalue weighted by molar-refractivity contribution is 5.87. The van der Waals surface area contributed by atoms with Gasteiger partial charge in [0.15, 0.2) is 0 Å². The number of hydrogen-bond donors (Lipinski definition) is 0. The molecule has 0 bridgehead atoms. The first-order valence-corrected chi connectivity index (χ1v) is 8.25. The van der Waals surface area contributed by atoms with Gasteiger partial charge in [-0.2, -0.15) is 0 Å². The van der Waals surface area contributed by atoms with Gasteiger partial charge in [0.2, 0.25) is 11.8 Å². The van der Waals surface area contributed by atoms with Crippen molar-refractivity contribution in [2.24, 2.45) is 0 Å². The van der Waals surface area contributed by atoms with Crippen LogP contribution in [0.15, 0.2) is 10.6 Å². The van der Waals surface area contributed by atoms with Crippen LogP contribution >= 0.6 is 0 Å². The molecule has 0 aromatic carbocycles. The van der Waals surface area contributed by atoms with Crippen LogP contribution in [-0.4, -0.2) is 70.4 Å². The molecule has 0 radical (unpaired) electrons. The lowest BCUT2D eigenvalue weighted by Gasteiger charge is -2.36. The van der Waals surface area contributed by atoms with Gasteiger partial charge in [0, 0.05) is 52.3 Å². The second-order valence-electron chi connectivity index (χ2n) is 6.40. The lowest BCUT2D eigenvalue weighted by Crippen LogP contribution is -2.54. The molecule has 0 spiro atoms. The van der Waals surface area contributed by atoms with E-state index in [2.05, 4.69) is 10.1 Å². The smallest absolute Gasteiger partial charge is 0.245 e. The average molecular weight is 320 g/mol. The van der Waals surface area contributed by atoms with Crippen LogP contribution in [0.25, 0.3) is 0 Å². The predicted octanol–water partition coefficient (Wildman–Crippen LogP) is 0.638. The predicted molar refractivity (Wildman–Crippen MR) is 83.5 cm³/mol. The molecular formula is C16H24N4O3. The molecule has 1 aromatic heterocycles. The van der Waals surface area contributed by atoms with Crippen molar-refractivity contribution in [2.45, 2.75) is 39.3 Å². The summed E-state index contributed by atoms with van der Waals surface area (Å²) in [7, 11) is 0. The number of rotatable bonds is 3. The van der Waals surface area contributed by atoms with Gasteiger partial charge in [0.05, 0.1) is 5.69 Å². The van der Waals surface area contributed by atoms with Crippen molar-refractivity contribution in [1.29, 1.82) is 0 Å². The Labute approximate surface area is 136 Å². The normalized spacial score (nSPS) is 22.6. The van der Waals surface area contributed by atoms with Gasteiger partial charge in [0.25, 0.3) is 0 Å². The Morgan fingerprint density at radius 3 is 2.61 bits per heavy atom. The Morgan fingerprint density at radius 2 is 2.00 bits per heavy atom. The Morgan fingerprint density at radius 1 is 1.26 bits per heavy atom. The number of aryl methyl sites for hydroxylation is 1. The fourth-order valence-corrected chi connectivity index (χ4v) is 3.46. The van der Waals surface area contributed by atoms with Crippen LogP contribution in [0, 0.1) is 6.92 Å². The maximum Gasteiger partial charge on any atom is 0.245 e. The van der Waals surface area contributed by atoms with E-state index in [1.165, 1.54) is 0 Å². The van der Waals surface area contributed by atoms with Crippen molar-refractivity contribution >= 4 is 11.8 Å². The van der Waals surface area contributed by atoms with Crippen molar-refractivity contribution in [3.8, 4) is 0 Å². The van der Waals surface area contributed by atoms with E-state index in [1.54, 1.807) is 11.8 Å². The highest BCUT2D eigenvalue weighted by atomic mass is 16.5. The Balaban J connectivity index is 1.52. The number of carbonyl (C=O) groups is 2. The zero-order chi connectivity index (χ0) is 16.4. The molecule has 0 N–H and O–H groups in total. The largest absolute Gasteiger partial charge is 0.361 e. The number of piperazine rings is 1. The summed E-state index contributed by atoms with van der Waals surface area (Å²) in [5, 5.41) is 4.02. The molecule has 2 aliphatic rings. The molecular weight excluding hydrogens is 296 g/mol. The van der Waals surface area contributed by atoms with Crippen molar-refractivity contribution in [2.75, 3.05) is 32.7 Å². The second kappa shape index (κ2) is 6.70. The van der Waals surface area contributed by atoms with Gasteiger partial charge in [-0.25, -0.2) is 0 Å². The van der Waals surface area contributed by atoms with Crippen LogP contribution in [0.2, 0.25) is 0 Å². The Bertz CT molecular complexity index is 578. The van der Waals surface area contributed by atoms with E-state index in [0.29, 0.717) is 19.6 Å². The Kier molecular flexibility index (Phi) is 4.66. The molecule has 0 saturated carbocycles. The van der Waals surface area contributed by atoms with Gasteiger partial charge in [-0.1, -0.05) is 5.16 Å². The minimum Gasteiger partial charge on any atom is -0.361 e. The third kappa shape index (κ3) is 3.55. The molecule has 1 atom stereocenters. The minimum absolute atomic E-state index is 0.000822. The van der Waals surface area contributed by atoms with Crippen molar-refractivity contribution in [1.82, 2.24) is 19.9 Å². The average Bonchev–Trinajstić information content (AvgIpc) is 3.16. The lowest BCUT2D eigenvalue weighted by atomic mass is 10.1. The van der Waals surface area contributed by atoms with Crippen LogP contribution in [0.4, 0.5) is 0 Å². The summed E-state index contributed by atoms with van der Waals surface area (Å²) in [6.45, 7) is 7.95. The van der Waals surface area contributed by atoms with Crippen LogP contribution in [-0.2, 0) is 16.1 Å². The van der Waals surface area contributed by atoms with Gasteiger partial charge < -0.3 is 14.3 Å². The maximum absolute atomic E-state index is 12.7. The molecule has 2 aliphatic heterocycles. The molecule has 23 heavy (non-hydrogen) atoms. The molecule has 2 fully saturated rings. The monoisotopic (exact) mass is 320 g/mol. The molecule has 0 aliphatic carbocycles. The maximum atomic E-state index is 12.7. The first-order chi connectivity index (χ1) is 11.0. The molecule has 7 heteroatoms. The summed E-state index contributed by atoms with van der Waals surface area (Å²) in [5.41, 5.74) is 0.931. The third-order valence-corrected chi connectivity index (χ3v) is 4.69. The highest BCUT2D eigenvalue weighted by Crippen LogP contribution is 2.20.